The molecule has 4 rings (SSSR count). The summed E-state index contributed by atoms with van der Waals surface area (Å²) < 4.78 is 7.38. The predicted molar refractivity (Wildman–Crippen MR) is 93.4 cm³/mol. The summed E-state index contributed by atoms with van der Waals surface area (Å²) in [5, 5.41) is 30.0. The van der Waals surface area contributed by atoms with Crippen molar-refractivity contribution in [2.24, 2.45) is 5.92 Å². The van der Waals surface area contributed by atoms with Gasteiger partial charge in [-0.1, -0.05) is 6.92 Å². The van der Waals surface area contributed by atoms with Crippen LogP contribution in [0.2, 0.25) is 0 Å². The molecule has 5 N–H and O–H groups in total. The summed E-state index contributed by atoms with van der Waals surface area (Å²) >= 11 is 0. The molecule has 10 nitrogen and oxygen atoms in total. The molecule has 2 aliphatic heterocycles. The van der Waals surface area contributed by atoms with E-state index in [0.717, 1.165) is 25.9 Å². The number of nitrogens with zero attached hydrogens (tertiary/aromatic N) is 5. The number of nitrogen functional groups attached to an aromatic ring is 1. The molecule has 0 aromatic carbocycles. The average molecular weight is 364 g/mol. The quantitative estimate of drug-likeness (QED) is 0.553. The molecule has 0 aliphatic carbocycles. The number of nitrogens with two attached hydrogens (primary N) is 1. The molecular formula is C16H24N6O4. The zero-order valence-electron chi connectivity index (χ0n) is 14.6. The van der Waals surface area contributed by atoms with Gasteiger partial charge < -0.3 is 30.7 Å². The summed E-state index contributed by atoms with van der Waals surface area (Å²) in [4.78, 5) is 15.0. The van der Waals surface area contributed by atoms with Crippen molar-refractivity contribution >= 4 is 22.9 Å². The van der Waals surface area contributed by atoms with Crippen molar-refractivity contribution in [2.45, 2.75) is 44.3 Å². The minimum absolute atomic E-state index is 0.243. The van der Waals surface area contributed by atoms with Crippen molar-refractivity contribution < 1.29 is 20.1 Å². The molecule has 142 valence electrons. The Bertz CT molecular complexity index is 790. The van der Waals surface area contributed by atoms with Gasteiger partial charge in [0.25, 0.3) is 0 Å². The van der Waals surface area contributed by atoms with Crippen molar-refractivity contribution in [2.75, 3.05) is 30.3 Å². The van der Waals surface area contributed by atoms with Crippen LogP contribution in [0.15, 0.2) is 6.33 Å². The first-order valence-electron chi connectivity index (χ1n) is 8.87. The number of aromatic nitrogens is 4. The summed E-state index contributed by atoms with van der Waals surface area (Å²) in [6.45, 7) is 3.45. The lowest BCUT2D eigenvalue weighted by atomic mass is 10.00. The molecule has 2 aliphatic rings. The van der Waals surface area contributed by atoms with Crippen LogP contribution >= 0.6 is 0 Å². The third-order valence-corrected chi connectivity index (χ3v) is 5.32. The van der Waals surface area contributed by atoms with E-state index in [1.807, 2.05) is 0 Å². The maximum Gasteiger partial charge on any atom is 0.210 e. The number of ether oxygens (including phenoxy) is 1. The molecular weight excluding hydrogens is 340 g/mol. The summed E-state index contributed by atoms with van der Waals surface area (Å²) in [5.41, 5.74) is 6.83. The highest BCUT2D eigenvalue weighted by molar-refractivity contribution is 5.84. The van der Waals surface area contributed by atoms with Gasteiger partial charge in [0.1, 0.15) is 24.6 Å². The first-order chi connectivity index (χ1) is 12.5. The highest BCUT2D eigenvalue weighted by atomic mass is 16.6. The average Bonchev–Trinajstić information content (AvgIpc) is 3.15. The molecule has 0 saturated carbocycles. The highest BCUT2D eigenvalue weighted by Crippen LogP contribution is 2.37. The summed E-state index contributed by atoms with van der Waals surface area (Å²) in [6, 6.07) is 0. The van der Waals surface area contributed by atoms with Crippen molar-refractivity contribution in [3.05, 3.63) is 6.33 Å². The SMILES string of the molecule is CC1CCN(c2nc3c(N)ncnc3n2[C@@H]2O[C@H](CO)[C@H](O)[C@H]2O)CC1. The first kappa shape index (κ1) is 17.4. The molecule has 26 heavy (non-hydrogen) atoms. The van der Waals surface area contributed by atoms with Gasteiger partial charge in [-0.05, 0) is 18.8 Å². The lowest BCUT2D eigenvalue weighted by Gasteiger charge is -2.32. The van der Waals surface area contributed by atoms with Gasteiger partial charge in [0.05, 0.1) is 6.61 Å². The number of fused-ring (bicyclic) bond motifs is 1. The van der Waals surface area contributed by atoms with Crippen LogP contribution in [0.25, 0.3) is 11.2 Å². The Morgan fingerprint density at radius 3 is 2.62 bits per heavy atom. The zero-order valence-corrected chi connectivity index (χ0v) is 14.6. The first-order valence-corrected chi connectivity index (χ1v) is 8.87. The van der Waals surface area contributed by atoms with Crippen LogP contribution in [0, 0.1) is 5.92 Å². The van der Waals surface area contributed by atoms with Crippen molar-refractivity contribution in [3.8, 4) is 0 Å². The maximum atomic E-state index is 10.5. The normalized spacial score (nSPS) is 30.4. The van der Waals surface area contributed by atoms with E-state index in [4.69, 9.17) is 10.5 Å². The molecule has 10 heteroatoms. The predicted octanol–water partition coefficient (Wildman–Crippen LogP) is -0.744. The fourth-order valence-electron chi connectivity index (χ4n) is 3.67. The third kappa shape index (κ3) is 2.69. The molecule has 4 atom stereocenters. The van der Waals surface area contributed by atoms with Crippen molar-refractivity contribution in [1.29, 1.82) is 0 Å². The third-order valence-electron chi connectivity index (χ3n) is 5.32. The molecule has 0 bridgehead atoms. The Balaban J connectivity index is 1.81. The van der Waals surface area contributed by atoms with Crippen molar-refractivity contribution in [1.82, 2.24) is 19.5 Å². The van der Waals surface area contributed by atoms with Crippen LogP contribution in [0.1, 0.15) is 26.0 Å². The number of hydrogen-bond donors (Lipinski definition) is 4. The van der Waals surface area contributed by atoms with E-state index in [1.165, 1.54) is 6.33 Å². The Morgan fingerprint density at radius 2 is 1.96 bits per heavy atom. The smallest absolute Gasteiger partial charge is 0.210 e. The number of aliphatic hydroxyl groups excluding tert-OH is 3. The number of hydrogen-bond acceptors (Lipinski definition) is 9. The molecule has 0 unspecified atom stereocenters. The van der Waals surface area contributed by atoms with Gasteiger partial charge in [0, 0.05) is 13.1 Å². The molecule has 0 radical (unpaired) electrons. The molecule has 4 heterocycles. The van der Waals surface area contributed by atoms with Crippen LogP contribution in [-0.4, -0.2) is 72.8 Å². The minimum Gasteiger partial charge on any atom is -0.394 e. The summed E-state index contributed by atoms with van der Waals surface area (Å²) in [7, 11) is 0. The lowest BCUT2D eigenvalue weighted by molar-refractivity contribution is -0.0505. The monoisotopic (exact) mass is 364 g/mol. The Labute approximate surface area is 150 Å². The van der Waals surface area contributed by atoms with E-state index in [2.05, 4.69) is 26.8 Å². The largest absolute Gasteiger partial charge is 0.394 e. The van der Waals surface area contributed by atoms with Crippen LogP contribution in [0.3, 0.4) is 0 Å². The van der Waals surface area contributed by atoms with Gasteiger partial charge >= 0.3 is 0 Å². The van der Waals surface area contributed by atoms with Crippen LogP contribution < -0.4 is 10.6 Å². The van der Waals surface area contributed by atoms with Gasteiger partial charge in [0.2, 0.25) is 5.95 Å². The Kier molecular flexibility index (Phi) is 4.43. The Hall–Kier alpha value is -2.01. The van der Waals surface area contributed by atoms with E-state index in [-0.39, 0.29) is 5.82 Å². The van der Waals surface area contributed by atoms with E-state index in [1.54, 1.807) is 4.57 Å². The van der Waals surface area contributed by atoms with Crippen LogP contribution in [-0.2, 0) is 4.74 Å². The minimum atomic E-state index is -1.22. The van der Waals surface area contributed by atoms with Gasteiger partial charge in [-0.15, -0.1) is 0 Å². The van der Waals surface area contributed by atoms with E-state index in [9.17, 15) is 15.3 Å². The molecule has 2 saturated heterocycles. The second-order valence-electron chi connectivity index (χ2n) is 7.11. The summed E-state index contributed by atoms with van der Waals surface area (Å²) in [6.07, 6.45) is -0.824. The summed E-state index contributed by atoms with van der Waals surface area (Å²) in [5.74, 6) is 1.46. The van der Waals surface area contributed by atoms with Crippen LogP contribution in [0.4, 0.5) is 11.8 Å². The number of anilines is 2. The highest BCUT2D eigenvalue weighted by Gasteiger charge is 2.45. The number of aliphatic hydroxyl groups is 3. The van der Waals surface area contributed by atoms with E-state index < -0.39 is 31.1 Å². The molecule has 0 amide bonds. The fraction of sp³-hybridized carbons (Fsp3) is 0.688. The number of piperidine rings is 1. The number of imidazole rings is 1. The Morgan fingerprint density at radius 1 is 1.23 bits per heavy atom. The van der Waals surface area contributed by atoms with E-state index >= 15 is 0 Å². The zero-order chi connectivity index (χ0) is 18.4. The topological polar surface area (TPSA) is 143 Å². The second-order valence-corrected chi connectivity index (χ2v) is 7.11. The molecule has 0 spiro atoms. The molecule has 2 fully saturated rings. The maximum absolute atomic E-state index is 10.5. The lowest BCUT2D eigenvalue weighted by Crippen LogP contribution is -2.37. The standard InChI is InChI=1S/C16H24N6O4/c1-8-2-4-21(5-3-8)16-20-10-13(17)18-7-19-14(10)22(16)15-12(25)11(24)9(6-23)26-15/h7-9,11-12,15,23-25H,2-6H2,1H3,(H2,17,18,19)/t9-,11+,12-,15-/m1/s1. The van der Waals surface area contributed by atoms with Gasteiger partial charge in [-0.3, -0.25) is 4.57 Å². The van der Waals surface area contributed by atoms with E-state index in [0.29, 0.717) is 23.0 Å². The fourth-order valence-corrected chi connectivity index (χ4v) is 3.67. The van der Waals surface area contributed by atoms with Crippen molar-refractivity contribution in [3.63, 3.8) is 0 Å². The number of rotatable bonds is 3. The van der Waals surface area contributed by atoms with Gasteiger partial charge in [-0.25, -0.2) is 15.0 Å². The molecule has 2 aromatic rings. The van der Waals surface area contributed by atoms with Gasteiger partial charge in [-0.2, -0.15) is 0 Å². The molecule has 2 aromatic heterocycles. The van der Waals surface area contributed by atoms with Crippen LogP contribution in [0.5, 0.6) is 0 Å². The van der Waals surface area contributed by atoms with Gasteiger partial charge in [0.15, 0.2) is 23.2 Å². The second kappa shape index (κ2) is 6.62.